The summed E-state index contributed by atoms with van der Waals surface area (Å²) in [7, 11) is 0. The zero-order valence-corrected chi connectivity index (χ0v) is 7.67. The van der Waals surface area contributed by atoms with Gasteiger partial charge in [-0.05, 0) is 42.9 Å². The zero-order chi connectivity index (χ0) is 8.84. The van der Waals surface area contributed by atoms with Crippen LogP contribution in [0.1, 0.15) is 29.9 Å². The van der Waals surface area contributed by atoms with Crippen LogP contribution in [0.15, 0.2) is 18.5 Å². The molecule has 2 nitrogen and oxygen atoms in total. The van der Waals surface area contributed by atoms with E-state index in [2.05, 4.69) is 29.2 Å². The van der Waals surface area contributed by atoms with Crippen molar-refractivity contribution in [3.05, 3.63) is 29.6 Å². The first-order valence-corrected chi connectivity index (χ1v) is 4.78. The summed E-state index contributed by atoms with van der Waals surface area (Å²) in [6.07, 6.45) is 6.73. The third kappa shape index (κ3) is 1.05. The average molecular weight is 172 g/mol. The fourth-order valence-electron chi connectivity index (χ4n) is 1.86. The molecule has 2 aromatic rings. The molecule has 2 aromatic heterocycles. The highest BCUT2D eigenvalue weighted by molar-refractivity contribution is 5.81. The van der Waals surface area contributed by atoms with Gasteiger partial charge in [-0.15, -0.1) is 0 Å². The van der Waals surface area contributed by atoms with Crippen LogP contribution in [-0.2, 0) is 0 Å². The summed E-state index contributed by atoms with van der Waals surface area (Å²) in [6, 6.07) is 2.23. The van der Waals surface area contributed by atoms with E-state index in [1.165, 1.54) is 29.4 Å². The minimum absolute atomic E-state index is 0.803. The number of pyridine rings is 1. The molecule has 66 valence electrons. The number of hydrogen-bond acceptors (Lipinski definition) is 1. The van der Waals surface area contributed by atoms with Crippen LogP contribution >= 0.6 is 0 Å². The van der Waals surface area contributed by atoms with Gasteiger partial charge in [-0.2, -0.15) is 0 Å². The minimum atomic E-state index is 0.803. The Balaban J connectivity index is 2.29. The maximum Gasteiger partial charge on any atom is 0.137 e. The molecule has 0 radical (unpaired) electrons. The second-order valence-electron chi connectivity index (χ2n) is 3.93. The third-order valence-corrected chi connectivity index (χ3v) is 2.72. The Hall–Kier alpha value is -1.31. The second-order valence-corrected chi connectivity index (χ2v) is 3.93. The number of nitrogens with zero attached hydrogens (tertiary/aromatic N) is 1. The van der Waals surface area contributed by atoms with Gasteiger partial charge < -0.3 is 4.98 Å². The van der Waals surface area contributed by atoms with Crippen LogP contribution in [0.3, 0.4) is 0 Å². The molecule has 0 aromatic carbocycles. The van der Waals surface area contributed by atoms with E-state index < -0.39 is 0 Å². The number of nitrogens with one attached hydrogen (secondary N) is 1. The van der Waals surface area contributed by atoms with Gasteiger partial charge in [0.1, 0.15) is 5.65 Å². The first-order valence-electron chi connectivity index (χ1n) is 4.78. The van der Waals surface area contributed by atoms with Gasteiger partial charge in [0.2, 0.25) is 0 Å². The van der Waals surface area contributed by atoms with Gasteiger partial charge >= 0.3 is 0 Å². The minimum Gasteiger partial charge on any atom is -0.346 e. The van der Waals surface area contributed by atoms with Crippen molar-refractivity contribution >= 4 is 11.0 Å². The zero-order valence-electron chi connectivity index (χ0n) is 7.67. The van der Waals surface area contributed by atoms with Gasteiger partial charge in [0.15, 0.2) is 0 Å². The fourth-order valence-corrected chi connectivity index (χ4v) is 1.86. The summed E-state index contributed by atoms with van der Waals surface area (Å²) in [4.78, 5) is 7.58. The molecule has 0 atom stereocenters. The Morgan fingerprint density at radius 2 is 2.31 bits per heavy atom. The predicted octanol–water partition coefficient (Wildman–Crippen LogP) is 2.75. The van der Waals surface area contributed by atoms with Crippen molar-refractivity contribution in [3.8, 4) is 0 Å². The number of hydrogen-bond donors (Lipinski definition) is 1. The van der Waals surface area contributed by atoms with Gasteiger partial charge in [-0.3, -0.25) is 0 Å². The van der Waals surface area contributed by atoms with Crippen LogP contribution in [-0.4, -0.2) is 9.97 Å². The largest absolute Gasteiger partial charge is 0.346 e. The van der Waals surface area contributed by atoms with E-state index in [0.717, 1.165) is 11.6 Å². The lowest BCUT2D eigenvalue weighted by Gasteiger charge is -1.95. The summed E-state index contributed by atoms with van der Waals surface area (Å²) in [5.41, 5.74) is 3.74. The van der Waals surface area contributed by atoms with E-state index in [1.54, 1.807) is 0 Å². The van der Waals surface area contributed by atoms with Gasteiger partial charge in [-0.25, -0.2) is 4.98 Å². The maximum absolute atomic E-state index is 4.36. The summed E-state index contributed by atoms with van der Waals surface area (Å²) in [5, 5.41) is 1.32. The van der Waals surface area contributed by atoms with Crippen molar-refractivity contribution in [2.45, 2.75) is 25.7 Å². The Kier molecular flexibility index (Phi) is 1.29. The molecular weight excluding hydrogens is 160 g/mol. The highest BCUT2D eigenvalue weighted by atomic mass is 14.8. The molecule has 0 aliphatic heterocycles. The van der Waals surface area contributed by atoms with Gasteiger partial charge in [0.25, 0.3) is 0 Å². The molecule has 1 fully saturated rings. The van der Waals surface area contributed by atoms with Crippen molar-refractivity contribution in [1.82, 2.24) is 9.97 Å². The number of rotatable bonds is 1. The molecule has 0 saturated heterocycles. The Morgan fingerprint density at radius 3 is 3.08 bits per heavy atom. The lowest BCUT2D eigenvalue weighted by Crippen LogP contribution is -1.80. The second kappa shape index (κ2) is 2.34. The summed E-state index contributed by atoms with van der Waals surface area (Å²) < 4.78 is 0. The standard InChI is InChI=1S/C11H12N2/c1-7-4-9-10(8-2-3-8)6-13-11(9)12-5-7/h4-6,8H,2-3H2,1H3,(H,12,13). The van der Waals surface area contributed by atoms with Crippen molar-refractivity contribution in [3.63, 3.8) is 0 Å². The van der Waals surface area contributed by atoms with E-state index in [0.29, 0.717) is 0 Å². The molecule has 13 heavy (non-hydrogen) atoms. The maximum atomic E-state index is 4.36. The van der Waals surface area contributed by atoms with E-state index in [-0.39, 0.29) is 0 Å². The Bertz CT molecular complexity index is 452. The molecule has 1 saturated carbocycles. The summed E-state index contributed by atoms with van der Waals surface area (Å²) in [5.74, 6) is 0.803. The molecule has 1 aliphatic carbocycles. The number of aromatic amines is 1. The van der Waals surface area contributed by atoms with Crippen LogP contribution in [0, 0.1) is 6.92 Å². The highest BCUT2D eigenvalue weighted by Crippen LogP contribution is 2.42. The lowest BCUT2D eigenvalue weighted by molar-refractivity contribution is 1.15. The van der Waals surface area contributed by atoms with Crippen molar-refractivity contribution in [1.29, 1.82) is 0 Å². The predicted molar refractivity (Wildman–Crippen MR) is 52.8 cm³/mol. The average Bonchev–Trinajstić information content (AvgIpc) is 2.87. The first-order chi connectivity index (χ1) is 6.34. The Morgan fingerprint density at radius 1 is 1.46 bits per heavy atom. The van der Waals surface area contributed by atoms with Crippen LogP contribution in [0.5, 0.6) is 0 Å². The van der Waals surface area contributed by atoms with Gasteiger partial charge in [-0.1, -0.05) is 0 Å². The quantitative estimate of drug-likeness (QED) is 0.704. The molecule has 0 spiro atoms. The topological polar surface area (TPSA) is 28.7 Å². The Labute approximate surface area is 77.0 Å². The molecular formula is C11H12N2. The first kappa shape index (κ1) is 7.13. The van der Waals surface area contributed by atoms with Crippen LogP contribution in [0.2, 0.25) is 0 Å². The number of aromatic nitrogens is 2. The molecule has 0 bridgehead atoms. The molecule has 0 amide bonds. The van der Waals surface area contributed by atoms with Gasteiger partial charge in [0.05, 0.1) is 0 Å². The summed E-state index contributed by atoms with van der Waals surface area (Å²) >= 11 is 0. The number of aryl methyl sites for hydroxylation is 1. The fraction of sp³-hybridized carbons (Fsp3) is 0.364. The lowest BCUT2D eigenvalue weighted by atomic mass is 10.1. The number of H-pyrrole nitrogens is 1. The monoisotopic (exact) mass is 172 g/mol. The van der Waals surface area contributed by atoms with Crippen molar-refractivity contribution in [2.24, 2.45) is 0 Å². The normalized spacial score (nSPS) is 16.7. The molecule has 2 heteroatoms. The van der Waals surface area contributed by atoms with Gasteiger partial charge in [0, 0.05) is 17.8 Å². The summed E-state index contributed by atoms with van der Waals surface area (Å²) in [6.45, 7) is 2.09. The SMILES string of the molecule is Cc1cnc2[nH]cc(C3CC3)c2c1. The highest BCUT2D eigenvalue weighted by Gasteiger charge is 2.26. The molecule has 1 N–H and O–H groups in total. The van der Waals surface area contributed by atoms with Crippen LogP contribution in [0.25, 0.3) is 11.0 Å². The molecule has 3 rings (SSSR count). The van der Waals surface area contributed by atoms with Crippen molar-refractivity contribution < 1.29 is 0 Å². The van der Waals surface area contributed by atoms with E-state index >= 15 is 0 Å². The third-order valence-electron chi connectivity index (χ3n) is 2.72. The van der Waals surface area contributed by atoms with E-state index in [4.69, 9.17) is 0 Å². The number of fused-ring (bicyclic) bond motifs is 1. The molecule has 0 unspecified atom stereocenters. The smallest absolute Gasteiger partial charge is 0.137 e. The van der Waals surface area contributed by atoms with E-state index in [1.807, 2.05) is 6.20 Å². The van der Waals surface area contributed by atoms with Crippen LogP contribution < -0.4 is 0 Å². The molecule has 2 heterocycles. The molecule has 1 aliphatic rings. The van der Waals surface area contributed by atoms with Crippen LogP contribution in [0.4, 0.5) is 0 Å². The van der Waals surface area contributed by atoms with E-state index in [9.17, 15) is 0 Å². The van der Waals surface area contributed by atoms with Crippen molar-refractivity contribution in [2.75, 3.05) is 0 Å².